The SMILES string of the molecule is Cc1cc(CNCC2(O)CCCC(C)C2)n(C)n1. The molecule has 0 radical (unpaired) electrons. The zero-order chi connectivity index (χ0) is 13.2. The highest BCUT2D eigenvalue weighted by atomic mass is 16.3. The van der Waals surface area contributed by atoms with Gasteiger partial charge in [0.2, 0.25) is 0 Å². The van der Waals surface area contributed by atoms with Crippen LogP contribution in [0.1, 0.15) is 44.0 Å². The second-order valence-corrected chi connectivity index (χ2v) is 5.93. The Kier molecular flexibility index (Phi) is 4.07. The van der Waals surface area contributed by atoms with E-state index in [2.05, 4.69) is 23.4 Å². The molecule has 0 spiro atoms. The van der Waals surface area contributed by atoms with E-state index in [9.17, 15) is 5.11 Å². The van der Waals surface area contributed by atoms with E-state index in [-0.39, 0.29) is 0 Å². The summed E-state index contributed by atoms with van der Waals surface area (Å²) in [4.78, 5) is 0. The summed E-state index contributed by atoms with van der Waals surface area (Å²) in [6.07, 6.45) is 4.24. The van der Waals surface area contributed by atoms with Crippen molar-refractivity contribution in [2.45, 2.75) is 51.7 Å². The predicted octanol–water partition coefficient (Wildman–Crippen LogP) is 1.76. The van der Waals surface area contributed by atoms with E-state index in [1.165, 1.54) is 12.1 Å². The first-order valence-electron chi connectivity index (χ1n) is 6.91. The molecule has 1 aliphatic carbocycles. The molecule has 2 N–H and O–H groups in total. The third-order valence-electron chi connectivity index (χ3n) is 3.93. The van der Waals surface area contributed by atoms with Crippen LogP contribution in [0.3, 0.4) is 0 Å². The van der Waals surface area contributed by atoms with Gasteiger partial charge in [-0.2, -0.15) is 5.10 Å². The number of aliphatic hydroxyl groups is 1. The van der Waals surface area contributed by atoms with Crippen molar-refractivity contribution >= 4 is 0 Å². The molecule has 4 heteroatoms. The third-order valence-corrected chi connectivity index (χ3v) is 3.93. The van der Waals surface area contributed by atoms with Gasteiger partial charge in [0.15, 0.2) is 0 Å². The number of aryl methyl sites for hydroxylation is 2. The average molecular weight is 251 g/mol. The number of hydrogen-bond acceptors (Lipinski definition) is 3. The first-order valence-corrected chi connectivity index (χ1v) is 6.91. The van der Waals surface area contributed by atoms with Crippen molar-refractivity contribution in [3.63, 3.8) is 0 Å². The van der Waals surface area contributed by atoms with Gasteiger partial charge in [0, 0.05) is 20.1 Å². The van der Waals surface area contributed by atoms with E-state index in [0.717, 1.165) is 31.5 Å². The third kappa shape index (κ3) is 3.33. The number of nitrogens with one attached hydrogen (secondary N) is 1. The molecule has 4 nitrogen and oxygen atoms in total. The molecule has 0 aromatic carbocycles. The molecule has 0 aliphatic heterocycles. The van der Waals surface area contributed by atoms with Crippen molar-refractivity contribution in [3.05, 3.63) is 17.5 Å². The van der Waals surface area contributed by atoms with Gasteiger partial charge in [0.1, 0.15) is 0 Å². The van der Waals surface area contributed by atoms with Crippen molar-refractivity contribution in [2.75, 3.05) is 6.54 Å². The summed E-state index contributed by atoms with van der Waals surface area (Å²) in [5.74, 6) is 0.643. The molecule has 0 bridgehead atoms. The Labute approximate surface area is 109 Å². The number of hydrogen-bond donors (Lipinski definition) is 2. The standard InChI is InChI=1S/C14H25N3O/c1-11-5-4-6-14(18,8-11)10-15-9-13-7-12(2)16-17(13)3/h7,11,15,18H,4-6,8-10H2,1-3H3. The summed E-state index contributed by atoms with van der Waals surface area (Å²) >= 11 is 0. The lowest BCUT2D eigenvalue weighted by Gasteiger charge is -2.35. The normalized spacial score (nSPS) is 28.6. The molecule has 1 aromatic heterocycles. The Hall–Kier alpha value is -0.870. The lowest BCUT2D eigenvalue weighted by Crippen LogP contribution is -2.43. The maximum Gasteiger partial charge on any atom is 0.0774 e. The lowest BCUT2D eigenvalue weighted by atomic mass is 9.79. The minimum atomic E-state index is -0.509. The van der Waals surface area contributed by atoms with Crippen LogP contribution in [0.5, 0.6) is 0 Å². The molecule has 1 heterocycles. The van der Waals surface area contributed by atoms with Crippen LogP contribution >= 0.6 is 0 Å². The highest BCUT2D eigenvalue weighted by Gasteiger charge is 2.32. The summed E-state index contributed by atoms with van der Waals surface area (Å²) in [6.45, 7) is 5.68. The van der Waals surface area contributed by atoms with Gasteiger partial charge >= 0.3 is 0 Å². The lowest BCUT2D eigenvalue weighted by molar-refractivity contribution is -0.0120. The monoisotopic (exact) mass is 251 g/mol. The predicted molar refractivity (Wildman–Crippen MR) is 72.2 cm³/mol. The van der Waals surface area contributed by atoms with Crippen LogP contribution in [0.15, 0.2) is 6.07 Å². The zero-order valence-corrected chi connectivity index (χ0v) is 11.7. The van der Waals surface area contributed by atoms with E-state index in [0.29, 0.717) is 12.5 Å². The molecule has 2 unspecified atom stereocenters. The molecule has 1 aromatic rings. The van der Waals surface area contributed by atoms with E-state index < -0.39 is 5.60 Å². The second kappa shape index (κ2) is 5.41. The van der Waals surface area contributed by atoms with Gasteiger partial charge in [0.05, 0.1) is 17.0 Å². The van der Waals surface area contributed by atoms with E-state index >= 15 is 0 Å². The Balaban J connectivity index is 1.83. The second-order valence-electron chi connectivity index (χ2n) is 5.93. The van der Waals surface area contributed by atoms with Crippen LogP contribution in [0, 0.1) is 12.8 Å². The molecular weight excluding hydrogens is 226 g/mol. The van der Waals surface area contributed by atoms with Crippen molar-refractivity contribution in [3.8, 4) is 0 Å². The van der Waals surface area contributed by atoms with Crippen LogP contribution in [0.4, 0.5) is 0 Å². The van der Waals surface area contributed by atoms with E-state index in [1.54, 1.807) is 0 Å². The maximum atomic E-state index is 10.5. The fourth-order valence-electron chi connectivity index (χ4n) is 3.05. The van der Waals surface area contributed by atoms with Gasteiger partial charge in [-0.25, -0.2) is 0 Å². The summed E-state index contributed by atoms with van der Waals surface area (Å²) in [6, 6.07) is 2.08. The van der Waals surface area contributed by atoms with Crippen LogP contribution < -0.4 is 5.32 Å². The molecule has 2 rings (SSSR count). The molecule has 0 amide bonds. The molecular formula is C14H25N3O. The van der Waals surface area contributed by atoms with Crippen LogP contribution in [-0.4, -0.2) is 27.0 Å². The van der Waals surface area contributed by atoms with Crippen molar-refractivity contribution in [2.24, 2.45) is 13.0 Å². The van der Waals surface area contributed by atoms with E-state index in [1.807, 2.05) is 18.7 Å². The molecule has 1 saturated carbocycles. The Bertz CT molecular complexity index is 402. The number of aromatic nitrogens is 2. The van der Waals surface area contributed by atoms with Gasteiger partial charge < -0.3 is 10.4 Å². The quantitative estimate of drug-likeness (QED) is 0.857. The van der Waals surface area contributed by atoms with Crippen LogP contribution in [0.2, 0.25) is 0 Å². The summed E-state index contributed by atoms with van der Waals surface area (Å²) in [7, 11) is 1.96. The smallest absolute Gasteiger partial charge is 0.0774 e. The summed E-state index contributed by atoms with van der Waals surface area (Å²) in [5.41, 5.74) is 1.70. The van der Waals surface area contributed by atoms with Crippen molar-refractivity contribution in [1.82, 2.24) is 15.1 Å². The molecule has 0 saturated heterocycles. The fourth-order valence-corrected chi connectivity index (χ4v) is 3.05. The highest BCUT2D eigenvalue weighted by Crippen LogP contribution is 2.31. The summed E-state index contributed by atoms with van der Waals surface area (Å²) < 4.78 is 1.90. The van der Waals surface area contributed by atoms with Crippen LogP contribution in [0.25, 0.3) is 0 Å². The fraction of sp³-hybridized carbons (Fsp3) is 0.786. The Morgan fingerprint density at radius 1 is 1.61 bits per heavy atom. The van der Waals surface area contributed by atoms with Gasteiger partial charge in [-0.05, 0) is 31.7 Å². The first kappa shape index (κ1) is 13.6. The largest absolute Gasteiger partial charge is 0.389 e. The minimum Gasteiger partial charge on any atom is -0.389 e. The van der Waals surface area contributed by atoms with Gasteiger partial charge in [-0.1, -0.05) is 19.8 Å². The van der Waals surface area contributed by atoms with Gasteiger partial charge in [-0.3, -0.25) is 4.68 Å². The average Bonchev–Trinajstić information content (AvgIpc) is 2.57. The van der Waals surface area contributed by atoms with Gasteiger partial charge in [0.25, 0.3) is 0 Å². The topological polar surface area (TPSA) is 50.1 Å². The summed E-state index contributed by atoms with van der Waals surface area (Å²) in [5, 5.41) is 18.2. The first-order chi connectivity index (χ1) is 8.48. The highest BCUT2D eigenvalue weighted by molar-refractivity contribution is 5.08. The van der Waals surface area contributed by atoms with Gasteiger partial charge in [-0.15, -0.1) is 0 Å². The molecule has 2 atom stereocenters. The maximum absolute atomic E-state index is 10.5. The molecule has 102 valence electrons. The molecule has 1 aliphatic rings. The van der Waals surface area contributed by atoms with Crippen molar-refractivity contribution < 1.29 is 5.11 Å². The minimum absolute atomic E-state index is 0.509. The number of rotatable bonds is 4. The number of nitrogens with zero attached hydrogens (tertiary/aromatic N) is 2. The van der Waals surface area contributed by atoms with Crippen LogP contribution in [-0.2, 0) is 13.6 Å². The molecule has 18 heavy (non-hydrogen) atoms. The zero-order valence-electron chi connectivity index (χ0n) is 11.7. The Morgan fingerprint density at radius 3 is 3.00 bits per heavy atom. The van der Waals surface area contributed by atoms with Crippen molar-refractivity contribution in [1.29, 1.82) is 0 Å². The Morgan fingerprint density at radius 2 is 2.39 bits per heavy atom. The van der Waals surface area contributed by atoms with E-state index in [4.69, 9.17) is 0 Å². The molecule has 1 fully saturated rings.